The number of hydrogen-bond acceptors (Lipinski definition) is 3. The number of carbonyl (C=O) groups is 1. The van der Waals surface area contributed by atoms with E-state index in [1.54, 1.807) is 6.07 Å². The quantitative estimate of drug-likeness (QED) is 0.781. The SMILES string of the molecule is CCC(CC)(CO)NC(=O)Nc1ccc(C#N)c(Cl)c1. The van der Waals surface area contributed by atoms with E-state index in [4.69, 9.17) is 16.9 Å². The molecule has 0 aliphatic carbocycles. The summed E-state index contributed by atoms with van der Waals surface area (Å²) in [6.45, 7) is 3.68. The van der Waals surface area contributed by atoms with Crippen LogP contribution < -0.4 is 10.6 Å². The van der Waals surface area contributed by atoms with Gasteiger partial charge in [0.25, 0.3) is 0 Å². The molecule has 1 aromatic rings. The lowest BCUT2D eigenvalue weighted by atomic mass is 9.94. The number of aliphatic hydroxyl groups is 1. The Hall–Kier alpha value is -1.77. The van der Waals surface area contributed by atoms with Gasteiger partial charge in [-0.15, -0.1) is 0 Å². The Morgan fingerprint density at radius 1 is 1.45 bits per heavy atom. The second-order valence-electron chi connectivity index (χ2n) is 4.53. The third-order valence-corrected chi connectivity index (χ3v) is 3.70. The molecule has 6 heteroatoms. The molecule has 0 aromatic heterocycles. The van der Waals surface area contributed by atoms with Crippen molar-refractivity contribution >= 4 is 23.3 Å². The summed E-state index contributed by atoms with van der Waals surface area (Å²) < 4.78 is 0. The second-order valence-corrected chi connectivity index (χ2v) is 4.94. The minimum atomic E-state index is -0.625. The molecule has 0 atom stereocenters. The molecule has 0 saturated carbocycles. The summed E-state index contributed by atoms with van der Waals surface area (Å²) in [4.78, 5) is 11.9. The van der Waals surface area contributed by atoms with E-state index in [2.05, 4.69) is 10.6 Å². The van der Waals surface area contributed by atoms with Gasteiger partial charge in [-0.25, -0.2) is 4.79 Å². The van der Waals surface area contributed by atoms with Crippen LogP contribution in [0.4, 0.5) is 10.5 Å². The van der Waals surface area contributed by atoms with Gasteiger partial charge in [-0.3, -0.25) is 0 Å². The summed E-state index contributed by atoms with van der Waals surface area (Å²) in [5.74, 6) is 0. The molecule has 0 saturated heterocycles. The van der Waals surface area contributed by atoms with Gasteiger partial charge in [-0.2, -0.15) is 5.26 Å². The van der Waals surface area contributed by atoms with Gasteiger partial charge in [0.05, 0.1) is 22.7 Å². The van der Waals surface area contributed by atoms with E-state index in [1.807, 2.05) is 19.9 Å². The smallest absolute Gasteiger partial charge is 0.319 e. The number of urea groups is 1. The predicted molar refractivity (Wildman–Crippen MR) is 78.7 cm³/mol. The molecule has 1 aromatic carbocycles. The monoisotopic (exact) mass is 295 g/mol. The molecule has 0 radical (unpaired) electrons. The molecular formula is C14H18ClN3O2. The zero-order chi connectivity index (χ0) is 15.2. The van der Waals surface area contributed by atoms with E-state index in [9.17, 15) is 9.90 Å². The summed E-state index contributed by atoms with van der Waals surface area (Å²) in [6, 6.07) is 6.19. The summed E-state index contributed by atoms with van der Waals surface area (Å²) in [5, 5.41) is 23.9. The number of nitrogens with one attached hydrogen (secondary N) is 2. The highest BCUT2D eigenvalue weighted by Crippen LogP contribution is 2.20. The van der Waals surface area contributed by atoms with Gasteiger partial charge in [0, 0.05) is 5.69 Å². The van der Waals surface area contributed by atoms with Crippen molar-refractivity contribution in [1.29, 1.82) is 5.26 Å². The van der Waals surface area contributed by atoms with Crippen molar-refractivity contribution in [1.82, 2.24) is 5.32 Å². The van der Waals surface area contributed by atoms with Crippen molar-refractivity contribution in [2.75, 3.05) is 11.9 Å². The molecule has 20 heavy (non-hydrogen) atoms. The number of nitriles is 1. The number of halogens is 1. The number of carbonyl (C=O) groups excluding carboxylic acids is 1. The number of aliphatic hydroxyl groups excluding tert-OH is 1. The highest BCUT2D eigenvalue weighted by molar-refractivity contribution is 6.32. The maximum atomic E-state index is 11.9. The summed E-state index contributed by atoms with van der Waals surface area (Å²) >= 11 is 5.89. The van der Waals surface area contributed by atoms with Crippen LogP contribution in [0.2, 0.25) is 5.02 Å². The van der Waals surface area contributed by atoms with E-state index >= 15 is 0 Å². The van der Waals surface area contributed by atoms with Crippen LogP contribution in [0.25, 0.3) is 0 Å². The number of anilines is 1. The number of hydrogen-bond donors (Lipinski definition) is 3. The lowest BCUT2D eigenvalue weighted by Gasteiger charge is -2.30. The van der Waals surface area contributed by atoms with Gasteiger partial charge >= 0.3 is 6.03 Å². The molecule has 0 unspecified atom stereocenters. The Morgan fingerprint density at radius 3 is 2.55 bits per heavy atom. The number of rotatable bonds is 5. The number of nitrogens with zero attached hydrogens (tertiary/aromatic N) is 1. The summed E-state index contributed by atoms with van der Waals surface area (Å²) in [5.41, 5.74) is 0.218. The van der Waals surface area contributed by atoms with Gasteiger partial charge in [-0.05, 0) is 31.0 Å². The average molecular weight is 296 g/mol. The highest BCUT2D eigenvalue weighted by Gasteiger charge is 2.27. The van der Waals surface area contributed by atoms with E-state index in [1.165, 1.54) is 12.1 Å². The summed E-state index contributed by atoms with van der Waals surface area (Å²) in [7, 11) is 0. The Bertz CT molecular complexity index is 513. The van der Waals surface area contributed by atoms with Crippen molar-refractivity contribution in [3.63, 3.8) is 0 Å². The van der Waals surface area contributed by atoms with Gasteiger partial charge in [0.15, 0.2) is 0 Å². The van der Waals surface area contributed by atoms with Crippen molar-refractivity contribution in [2.24, 2.45) is 0 Å². The van der Waals surface area contributed by atoms with E-state index in [0.29, 0.717) is 24.1 Å². The number of benzene rings is 1. The Balaban J connectivity index is 2.76. The second kappa shape index (κ2) is 7.13. The highest BCUT2D eigenvalue weighted by atomic mass is 35.5. The van der Waals surface area contributed by atoms with Crippen molar-refractivity contribution in [2.45, 2.75) is 32.2 Å². The van der Waals surface area contributed by atoms with Crippen LogP contribution >= 0.6 is 11.6 Å². The van der Waals surface area contributed by atoms with Crippen LogP contribution in [0.3, 0.4) is 0 Å². The zero-order valence-electron chi connectivity index (χ0n) is 11.5. The molecule has 108 valence electrons. The lowest BCUT2D eigenvalue weighted by molar-refractivity contribution is 0.155. The fraction of sp³-hybridized carbons (Fsp3) is 0.429. The molecular weight excluding hydrogens is 278 g/mol. The standard InChI is InChI=1S/C14H18ClN3O2/c1-3-14(4-2,9-19)18-13(20)17-11-6-5-10(8-16)12(15)7-11/h5-7,19H,3-4,9H2,1-2H3,(H2,17,18,20). The first kappa shape index (κ1) is 16.3. The number of amides is 2. The first-order valence-corrected chi connectivity index (χ1v) is 6.77. The third kappa shape index (κ3) is 3.86. The molecule has 0 fully saturated rings. The molecule has 0 aliphatic heterocycles. The maximum Gasteiger partial charge on any atom is 0.319 e. The molecule has 2 amide bonds. The molecule has 0 aliphatic rings. The first-order chi connectivity index (χ1) is 9.50. The fourth-order valence-corrected chi connectivity index (χ4v) is 2.00. The van der Waals surface area contributed by atoms with Gasteiger partial charge < -0.3 is 15.7 Å². The van der Waals surface area contributed by atoms with Crippen molar-refractivity contribution < 1.29 is 9.90 Å². The van der Waals surface area contributed by atoms with Crippen LogP contribution in [0.1, 0.15) is 32.3 Å². The lowest BCUT2D eigenvalue weighted by Crippen LogP contribution is -2.52. The van der Waals surface area contributed by atoms with Gasteiger partial charge in [0.1, 0.15) is 6.07 Å². The molecule has 0 spiro atoms. The van der Waals surface area contributed by atoms with Crippen LogP contribution in [0.5, 0.6) is 0 Å². The summed E-state index contributed by atoms with van der Waals surface area (Å²) in [6.07, 6.45) is 1.25. The Morgan fingerprint density at radius 2 is 2.10 bits per heavy atom. The fourth-order valence-electron chi connectivity index (χ4n) is 1.78. The maximum absolute atomic E-state index is 11.9. The topological polar surface area (TPSA) is 85.2 Å². The largest absolute Gasteiger partial charge is 0.394 e. The van der Waals surface area contributed by atoms with Crippen molar-refractivity contribution in [3.8, 4) is 6.07 Å². The third-order valence-electron chi connectivity index (χ3n) is 3.38. The van der Waals surface area contributed by atoms with Crippen LogP contribution in [-0.4, -0.2) is 23.3 Å². The normalized spacial score (nSPS) is 10.8. The zero-order valence-corrected chi connectivity index (χ0v) is 12.3. The Labute approximate surface area is 123 Å². The Kier molecular flexibility index (Phi) is 5.81. The van der Waals surface area contributed by atoms with E-state index < -0.39 is 11.6 Å². The van der Waals surface area contributed by atoms with Crippen LogP contribution in [-0.2, 0) is 0 Å². The van der Waals surface area contributed by atoms with Gasteiger partial charge in [-0.1, -0.05) is 25.4 Å². The minimum Gasteiger partial charge on any atom is -0.394 e. The average Bonchev–Trinajstić information content (AvgIpc) is 2.45. The minimum absolute atomic E-state index is 0.123. The predicted octanol–water partition coefficient (Wildman–Crippen LogP) is 2.88. The van der Waals surface area contributed by atoms with E-state index in [-0.39, 0.29) is 11.6 Å². The van der Waals surface area contributed by atoms with Crippen molar-refractivity contribution in [3.05, 3.63) is 28.8 Å². The van der Waals surface area contributed by atoms with Gasteiger partial charge in [0.2, 0.25) is 0 Å². The molecule has 3 N–H and O–H groups in total. The molecule has 5 nitrogen and oxygen atoms in total. The van der Waals surface area contributed by atoms with E-state index in [0.717, 1.165) is 0 Å². The first-order valence-electron chi connectivity index (χ1n) is 6.40. The van der Waals surface area contributed by atoms with Crippen LogP contribution in [0.15, 0.2) is 18.2 Å². The molecule has 0 heterocycles. The van der Waals surface area contributed by atoms with Crippen LogP contribution in [0, 0.1) is 11.3 Å². The molecule has 0 bridgehead atoms. The molecule has 1 rings (SSSR count).